The molecule has 1 saturated heterocycles. The van der Waals surface area contributed by atoms with Crippen LogP contribution >= 0.6 is 0 Å². The molecule has 2 heteroatoms. The fraction of sp³-hybridized carbons (Fsp3) is 0.600. The monoisotopic (exact) mass is 232 g/mol. The van der Waals surface area contributed by atoms with Gasteiger partial charge in [-0.05, 0) is 49.9 Å². The second-order valence-corrected chi connectivity index (χ2v) is 5.16. The van der Waals surface area contributed by atoms with Crippen LogP contribution in [0.1, 0.15) is 43.7 Å². The van der Waals surface area contributed by atoms with Gasteiger partial charge in [-0.3, -0.25) is 4.90 Å². The van der Waals surface area contributed by atoms with Crippen molar-refractivity contribution >= 4 is 5.69 Å². The topological polar surface area (TPSA) is 29.3 Å². The van der Waals surface area contributed by atoms with Crippen LogP contribution in [0.15, 0.2) is 18.2 Å². The summed E-state index contributed by atoms with van der Waals surface area (Å²) in [6, 6.07) is 7.05. The molecule has 1 heterocycles. The lowest BCUT2D eigenvalue weighted by atomic mass is 9.98. The molecular weight excluding hydrogens is 208 g/mol. The molecule has 1 aliphatic rings. The van der Waals surface area contributed by atoms with Crippen LogP contribution in [0.5, 0.6) is 0 Å². The lowest BCUT2D eigenvalue weighted by Crippen LogP contribution is -2.38. The molecule has 94 valence electrons. The quantitative estimate of drug-likeness (QED) is 0.810. The molecular formula is C15H24N2. The summed E-state index contributed by atoms with van der Waals surface area (Å²) in [7, 11) is 0. The zero-order valence-electron chi connectivity index (χ0n) is 11.1. The molecule has 0 aromatic heterocycles. The van der Waals surface area contributed by atoms with Gasteiger partial charge in [-0.1, -0.05) is 25.5 Å². The van der Waals surface area contributed by atoms with E-state index in [1.54, 1.807) is 0 Å². The Morgan fingerprint density at radius 2 is 2.18 bits per heavy atom. The Morgan fingerprint density at radius 1 is 1.35 bits per heavy atom. The maximum absolute atomic E-state index is 5.97. The molecule has 1 unspecified atom stereocenters. The highest BCUT2D eigenvalue weighted by molar-refractivity contribution is 5.49. The van der Waals surface area contributed by atoms with Crippen molar-refractivity contribution in [3.05, 3.63) is 29.3 Å². The van der Waals surface area contributed by atoms with E-state index in [0.29, 0.717) is 0 Å². The van der Waals surface area contributed by atoms with Gasteiger partial charge in [0, 0.05) is 18.3 Å². The summed E-state index contributed by atoms with van der Waals surface area (Å²) >= 11 is 0. The van der Waals surface area contributed by atoms with E-state index in [1.807, 2.05) is 6.07 Å². The molecule has 1 atom stereocenters. The Labute approximate surface area is 105 Å². The normalized spacial score (nSPS) is 21.6. The highest BCUT2D eigenvalue weighted by Gasteiger charge is 2.21. The maximum atomic E-state index is 5.97. The molecule has 17 heavy (non-hydrogen) atoms. The number of hydrogen-bond donors (Lipinski definition) is 1. The first-order chi connectivity index (χ1) is 8.22. The first kappa shape index (κ1) is 12.4. The third-order valence-corrected chi connectivity index (χ3v) is 4.08. The van der Waals surface area contributed by atoms with Gasteiger partial charge in [0.2, 0.25) is 0 Å². The molecule has 0 bridgehead atoms. The third-order valence-electron chi connectivity index (χ3n) is 4.08. The van der Waals surface area contributed by atoms with Crippen molar-refractivity contribution in [2.24, 2.45) is 0 Å². The minimum Gasteiger partial charge on any atom is -0.399 e. The van der Waals surface area contributed by atoms with E-state index >= 15 is 0 Å². The van der Waals surface area contributed by atoms with Gasteiger partial charge in [0.25, 0.3) is 0 Å². The number of nitrogens with zero attached hydrogens (tertiary/aromatic N) is 1. The van der Waals surface area contributed by atoms with Crippen molar-refractivity contribution in [2.75, 3.05) is 12.3 Å². The van der Waals surface area contributed by atoms with Crippen LogP contribution in [0.3, 0.4) is 0 Å². The Bertz CT molecular complexity index is 373. The van der Waals surface area contributed by atoms with E-state index in [2.05, 4.69) is 30.9 Å². The number of anilines is 1. The number of piperidine rings is 1. The number of benzene rings is 1. The third kappa shape index (κ3) is 2.81. The van der Waals surface area contributed by atoms with Gasteiger partial charge in [0.15, 0.2) is 0 Å². The van der Waals surface area contributed by atoms with Crippen LogP contribution in [-0.2, 0) is 6.54 Å². The number of hydrogen-bond acceptors (Lipinski definition) is 2. The molecule has 0 radical (unpaired) electrons. The molecule has 0 saturated carbocycles. The van der Waals surface area contributed by atoms with Gasteiger partial charge in [-0.15, -0.1) is 0 Å². The molecule has 0 spiro atoms. The first-order valence-electron chi connectivity index (χ1n) is 6.80. The molecule has 1 fully saturated rings. The standard InChI is InChI=1S/C15H24N2/c1-3-14-8-4-5-10-17(14)11-13-7-6-9-15(16)12(13)2/h6-7,9,14H,3-5,8,10-11,16H2,1-2H3. The second-order valence-electron chi connectivity index (χ2n) is 5.16. The molecule has 1 aliphatic heterocycles. The summed E-state index contributed by atoms with van der Waals surface area (Å²) in [5.41, 5.74) is 9.55. The average Bonchev–Trinajstić information content (AvgIpc) is 2.35. The number of rotatable bonds is 3. The lowest BCUT2D eigenvalue weighted by Gasteiger charge is -2.35. The van der Waals surface area contributed by atoms with Gasteiger partial charge in [-0.2, -0.15) is 0 Å². The minimum atomic E-state index is 0.768. The van der Waals surface area contributed by atoms with E-state index in [0.717, 1.165) is 18.3 Å². The molecule has 1 aromatic carbocycles. The van der Waals surface area contributed by atoms with Crippen LogP contribution in [0.25, 0.3) is 0 Å². The molecule has 2 N–H and O–H groups in total. The van der Waals surface area contributed by atoms with Gasteiger partial charge >= 0.3 is 0 Å². The SMILES string of the molecule is CCC1CCCCN1Cc1cccc(N)c1C. The second kappa shape index (κ2) is 5.54. The zero-order valence-corrected chi connectivity index (χ0v) is 11.1. The largest absolute Gasteiger partial charge is 0.399 e. The summed E-state index contributed by atoms with van der Waals surface area (Å²) in [5.74, 6) is 0. The van der Waals surface area contributed by atoms with Crippen LogP contribution < -0.4 is 5.73 Å². The van der Waals surface area contributed by atoms with Crippen molar-refractivity contribution in [3.63, 3.8) is 0 Å². The molecule has 2 rings (SSSR count). The van der Waals surface area contributed by atoms with Crippen LogP contribution in [0, 0.1) is 6.92 Å². The summed E-state index contributed by atoms with van der Waals surface area (Å²) in [4.78, 5) is 2.63. The molecule has 0 aliphatic carbocycles. The van der Waals surface area contributed by atoms with Crippen LogP contribution in [0.4, 0.5) is 5.69 Å². The highest BCUT2D eigenvalue weighted by Crippen LogP contribution is 2.24. The zero-order chi connectivity index (χ0) is 12.3. The van der Waals surface area contributed by atoms with Crippen LogP contribution in [0.2, 0.25) is 0 Å². The predicted octanol–water partition coefficient (Wildman–Crippen LogP) is 3.34. The number of nitrogens with two attached hydrogens (primary N) is 1. The van der Waals surface area contributed by atoms with Gasteiger partial charge in [0.05, 0.1) is 0 Å². The van der Waals surface area contributed by atoms with Gasteiger partial charge in [0.1, 0.15) is 0 Å². The summed E-state index contributed by atoms with van der Waals surface area (Å²) in [5, 5.41) is 0. The highest BCUT2D eigenvalue weighted by atomic mass is 15.2. The van der Waals surface area contributed by atoms with Crippen molar-refractivity contribution in [1.82, 2.24) is 4.90 Å². The van der Waals surface area contributed by atoms with E-state index in [1.165, 1.54) is 43.4 Å². The van der Waals surface area contributed by atoms with Gasteiger partial charge in [-0.25, -0.2) is 0 Å². The van der Waals surface area contributed by atoms with Crippen molar-refractivity contribution in [3.8, 4) is 0 Å². The number of likely N-dealkylation sites (tertiary alicyclic amines) is 1. The summed E-state index contributed by atoms with van der Waals surface area (Å²) in [6.45, 7) is 6.74. The van der Waals surface area contributed by atoms with Gasteiger partial charge < -0.3 is 5.73 Å². The Morgan fingerprint density at radius 3 is 2.94 bits per heavy atom. The fourth-order valence-corrected chi connectivity index (χ4v) is 2.82. The van der Waals surface area contributed by atoms with E-state index < -0.39 is 0 Å². The maximum Gasteiger partial charge on any atom is 0.0346 e. The van der Waals surface area contributed by atoms with Crippen molar-refractivity contribution in [2.45, 2.75) is 52.1 Å². The minimum absolute atomic E-state index is 0.768. The summed E-state index contributed by atoms with van der Waals surface area (Å²) in [6.07, 6.45) is 5.36. The van der Waals surface area contributed by atoms with E-state index in [9.17, 15) is 0 Å². The average molecular weight is 232 g/mol. The van der Waals surface area contributed by atoms with Crippen molar-refractivity contribution in [1.29, 1.82) is 0 Å². The van der Waals surface area contributed by atoms with Crippen molar-refractivity contribution < 1.29 is 0 Å². The number of nitrogen functional groups attached to an aromatic ring is 1. The fourth-order valence-electron chi connectivity index (χ4n) is 2.82. The Hall–Kier alpha value is -1.02. The Kier molecular flexibility index (Phi) is 4.06. The Balaban J connectivity index is 2.11. The van der Waals surface area contributed by atoms with E-state index in [4.69, 9.17) is 5.73 Å². The molecule has 2 nitrogen and oxygen atoms in total. The first-order valence-corrected chi connectivity index (χ1v) is 6.80. The van der Waals surface area contributed by atoms with Crippen LogP contribution in [-0.4, -0.2) is 17.5 Å². The molecule has 0 amide bonds. The lowest BCUT2D eigenvalue weighted by molar-refractivity contribution is 0.136. The summed E-state index contributed by atoms with van der Waals surface area (Å²) < 4.78 is 0. The van der Waals surface area contributed by atoms with E-state index in [-0.39, 0.29) is 0 Å². The smallest absolute Gasteiger partial charge is 0.0346 e. The molecule has 1 aromatic rings. The predicted molar refractivity (Wildman–Crippen MR) is 73.9 cm³/mol.